The third-order valence-corrected chi connectivity index (χ3v) is 3.55. The van der Waals surface area contributed by atoms with Crippen LogP contribution in [0.15, 0.2) is 29.7 Å². The summed E-state index contributed by atoms with van der Waals surface area (Å²) < 4.78 is 0. The number of rotatable bonds is 9. The van der Waals surface area contributed by atoms with E-state index in [1.807, 2.05) is 0 Å². The Bertz CT molecular complexity index is 879. The Hall–Kier alpha value is -3.27. The number of hydrogen-bond acceptors (Lipinski definition) is 7. The molecule has 0 fully saturated rings. The van der Waals surface area contributed by atoms with Crippen LogP contribution < -0.4 is 21.9 Å². The number of nitrogens with two attached hydrogens (primary N) is 1. The third-order valence-electron chi connectivity index (χ3n) is 3.55. The number of carbonyl (C=O) groups excluding carboxylic acids is 1. The minimum Gasteiger partial charge on any atom is -0.480 e. The van der Waals surface area contributed by atoms with E-state index in [1.165, 1.54) is 12.3 Å². The van der Waals surface area contributed by atoms with Gasteiger partial charge in [0.15, 0.2) is 5.52 Å². The number of nitrogens with one attached hydrogen (secondary N) is 3. The molecule has 0 aromatic carbocycles. The molecule has 138 valence electrons. The van der Waals surface area contributed by atoms with Crippen molar-refractivity contribution in [2.75, 3.05) is 12.3 Å². The molecule has 0 aliphatic carbocycles. The summed E-state index contributed by atoms with van der Waals surface area (Å²) >= 11 is 0. The van der Waals surface area contributed by atoms with Crippen molar-refractivity contribution >= 4 is 28.7 Å². The lowest BCUT2D eigenvalue weighted by Crippen LogP contribution is -2.37. The molecule has 2 aromatic rings. The van der Waals surface area contributed by atoms with Crippen LogP contribution in [0.2, 0.25) is 0 Å². The van der Waals surface area contributed by atoms with Gasteiger partial charge >= 0.3 is 5.97 Å². The smallest absolute Gasteiger partial charge is 0.320 e. The second-order valence-electron chi connectivity index (χ2n) is 5.55. The molecule has 0 radical (unpaired) electrons. The second kappa shape index (κ2) is 8.72. The number of carbonyl (C=O) groups is 2. The summed E-state index contributed by atoms with van der Waals surface area (Å²) in [5.74, 6) is -1.16. The van der Waals surface area contributed by atoms with Crippen LogP contribution in [-0.2, 0) is 16.1 Å². The van der Waals surface area contributed by atoms with Crippen molar-refractivity contribution in [2.24, 2.45) is 0 Å². The van der Waals surface area contributed by atoms with Crippen molar-refractivity contribution in [2.45, 2.75) is 25.4 Å². The third kappa shape index (κ3) is 5.11. The molecule has 0 spiro atoms. The summed E-state index contributed by atoms with van der Waals surface area (Å²) in [4.78, 5) is 45.5. The number of pyridine rings is 1. The minimum absolute atomic E-state index is 0.0557. The van der Waals surface area contributed by atoms with Crippen molar-refractivity contribution in [1.29, 1.82) is 0 Å². The van der Waals surface area contributed by atoms with E-state index in [4.69, 9.17) is 5.73 Å². The summed E-state index contributed by atoms with van der Waals surface area (Å²) in [7, 11) is 0. The SMILES string of the molecule is C=CCNC(=O)CCC(NCc1cnc2cc(N)[nH]c(=O)c2n1)C(=O)O. The zero-order valence-electron chi connectivity index (χ0n) is 14.0. The highest BCUT2D eigenvalue weighted by Gasteiger charge is 2.18. The Morgan fingerprint density at radius 2 is 2.23 bits per heavy atom. The van der Waals surface area contributed by atoms with Crippen LogP contribution in [0.5, 0.6) is 0 Å². The second-order valence-corrected chi connectivity index (χ2v) is 5.55. The van der Waals surface area contributed by atoms with Crippen LogP contribution in [0.4, 0.5) is 5.82 Å². The van der Waals surface area contributed by atoms with Crippen LogP contribution in [0.25, 0.3) is 11.0 Å². The first-order valence-electron chi connectivity index (χ1n) is 7.89. The molecule has 26 heavy (non-hydrogen) atoms. The number of carboxylic acid groups (broad SMARTS) is 1. The molecule has 1 atom stereocenters. The van der Waals surface area contributed by atoms with Crippen LogP contribution in [0.3, 0.4) is 0 Å². The molecule has 0 aliphatic rings. The van der Waals surface area contributed by atoms with Gasteiger partial charge < -0.3 is 21.1 Å². The average molecular weight is 360 g/mol. The summed E-state index contributed by atoms with van der Waals surface area (Å²) in [6.45, 7) is 3.90. The Morgan fingerprint density at radius 3 is 2.92 bits per heavy atom. The Labute approximate surface area is 148 Å². The van der Waals surface area contributed by atoms with Gasteiger partial charge in [-0.2, -0.15) is 0 Å². The van der Waals surface area contributed by atoms with Crippen molar-refractivity contribution in [1.82, 2.24) is 25.6 Å². The van der Waals surface area contributed by atoms with Crippen molar-refractivity contribution < 1.29 is 14.7 Å². The highest BCUT2D eigenvalue weighted by Crippen LogP contribution is 2.08. The number of H-pyrrole nitrogens is 1. The normalized spacial score (nSPS) is 11.8. The Balaban J connectivity index is 2.01. The van der Waals surface area contributed by atoms with Crippen molar-refractivity contribution in [3.63, 3.8) is 0 Å². The fourth-order valence-electron chi connectivity index (χ4n) is 2.26. The highest BCUT2D eigenvalue weighted by atomic mass is 16.4. The van der Waals surface area contributed by atoms with Gasteiger partial charge in [-0.15, -0.1) is 6.58 Å². The number of nitrogen functional groups attached to an aromatic ring is 1. The maximum Gasteiger partial charge on any atom is 0.320 e. The number of fused-ring (bicyclic) bond motifs is 1. The van der Waals surface area contributed by atoms with Gasteiger partial charge in [0.2, 0.25) is 5.91 Å². The number of nitrogens with zero attached hydrogens (tertiary/aromatic N) is 2. The van der Waals surface area contributed by atoms with E-state index in [0.29, 0.717) is 17.8 Å². The molecule has 6 N–H and O–H groups in total. The lowest BCUT2D eigenvalue weighted by Gasteiger charge is -2.14. The fourth-order valence-corrected chi connectivity index (χ4v) is 2.26. The Morgan fingerprint density at radius 1 is 1.46 bits per heavy atom. The van der Waals surface area contributed by atoms with E-state index in [9.17, 15) is 19.5 Å². The topological polar surface area (TPSA) is 163 Å². The van der Waals surface area contributed by atoms with E-state index >= 15 is 0 Å². The molecule has 2 heterocycles. The summed E-state index contributed by atoms with van der Waals surface area (Å²) in [5, 5.41) is 14.7. The fraction of sp³-hybridized carbons (Fsp3) is 0.312. The molecule has 0 saturated carbocycles. The number of amides is 1. The first-order valence-corrected chi connectivity index (χ1v) is 7.89. The molecule has 0 saturated heterocycles. The largest absolute Gasteiger partial charge is 0.480 e. The maximum absolute atomic E-state index is 11.9. The molecule has 2 rings (SSSR count). The van der Waals surface area contributed by atoms with Gasteiger partial charge in [0.1, 0.15) is 11.9 Å². The molecule has 2 aromatic heterocycles. The van der Waals surface area contributed by atoms with Gasteiger partial charge in [0.05, 0.1) is 17.4 Å². The molecule has 1 unspecified atom stereocenters. The monoisotopic (exact) mass is 360 g/mol. The van der Waals surface area contributed by atoms with Gasteiger partial charge in [-0.3, -0.25) is 24.7 Å². The van der Waals surface area contributed by atoms with Crippen LogP contribution in [0.1, 0.15) is 18.5 Å². The zero-order valence-corrected chi connectivity index (χ0v) is 14.0. The van der Waals surface area contributed by atoms with Gasteiger partial charge in [-0.05, 0) is 6.42 Å². The summed E-state index contributed by atoms with van der Waals surface area (Å²) in [6.07, 6.45) is 3.14. The molecular weight excluding hydrogens is 340 g/mol. The molecule has 1 amide bonds. The van der Waals surface area contributed by atoms with E-state index in [0.717, 1.165) is 0 Å². The number of aromatic nitrogens is 3. The predicted molar refractivity (Wildman–Crippen MR) is 95.3 cm³/mol. The first-order chi connectivity index (χ1) is 12.4. The number of anilines is 1. The van der Waals surface area contributed by atoms with Crippen molar-refractivity contribution in [3.8, 4) is 0 Å². The Kier molecular flexibility index (Phi) is 6.39. The minimum atomic E-state index is -1.08. The van der Waals surface area contributed by atoms with Crippen LogP contribution in [0, 0.1) is 0 Å². The van der Waals surface area contributed by atoms with Crippen LogP contribution in [-0.4, -0.2) is 44.5 Å². The van der Waals surface area contributed by atoms with Gasteiger partial charge in [-0.1, -0.05) is 6.08 Å². The van der Waals surface area contributed by atoms with E-state index in [2.05, 4.69) is 32.2 Å². The quantitative estimate of drug-likeness (QED) is 0.374. The number of carboxylic acids is 1. The highest BCUT2D eigenvalue weighted by molar-refractivity contribution is 5.78. The number of aliphatic carboxylic acids is 1. The predicted octanol–water partition coefficient (Wildman–Crippen LogP) is -0.474. The van der Waals surface area contributed by atoms with E-state index in [1.54, 1.807) is 6.08 Å². The lowest BCUT2D eigenvalue weighted by molar-refractivity contribution is -0.139. The average Bonchev–Trinajstić information content (AvgIpc) is 2.59. The standard InChI is InChI=1S/C16H20N6O4/c1-2-5-18-13(23)4-3-10(16(25)26)19-7-9-8-20-11-6-12(17)22-15(24)14(11)21-9/h2,6,8,10,19H,1,3-5,7H2,(H,18,23)(H,25,26)(H3,17,22,24). The van der Waals surface area contributed by atoms with Gasteiger partial charge in [0.25, 0.3) is 5.56 Å². The molecule has 10 nitrogen and oxygen atoms in total. The number of aromatic amines is 1. The van der Waals surface area contributed by atoms with Crippen LogP contribution >= 0.6 is 0 Å². The lowest BCUT2D eigenvalue weighted by atomic mass is 10.1. The number of hydrogen-bond donors (Lipinski definition) is 5. The van der Waals surface area contributed by atoms with Gasteiger partial charge in [-0.25, -0.2) is 4.98 Å². The summed E-state index contributed by atoms with van der Waals surface area (Å²) in [5.41, 5.74) is 5.94. The molecular formula is C16H20N6O4. The zero-order chi connectivity index (χ0) is 19.1. The van der Waals surface area contributed by atoms with Gasteiger partial charge in [0, 0.05) is 25.6 Å². The van der Waals surface area contributed by atoms with Crippen molar-refractivity contribution in [3.05, 3.63) is 41.0 Å². The molecule has 0 bridgehead atoms. The first kappa shape index (κ1) is 19.1. The van der Waals surface area contributed by atoms with E-state index < -0.39 is 17.6 Å². The summed E-state index contributed by atoms with van der Waals surface area (Å²) in [6, 6.07) is 0.551. The maximum atomic E-state index is 11.9. The molecule has 0 aliphatic heterocycles. The van der Waals surface area contributed by atoms with E-state index in [-0.39, 0.29) is 36.6 Å². The molecule has 10 heteroatoms.